The van der Waals surface area contributed by atoms with Crippen LogP contribution in [-0.4, -0.2) is 56.9 Å². The van der Waals surface area contributed by atoms with E-state index in [9.17, 15) is 14.7 Å². The number of halogens is 1. The standard InChI is InChI=1S/C27H29ClN6O4/c1-15-11-19(34-9-6-18(7-10-34)31-27(37)38)13-21-24(15)33-25(32-21)23-20(5-8-29-26(23)36)30-14-22(35)16-3-2-4-17(28)12-16/h2-5,8,11-13,18,22,31,35H,6-7,9-10,14H2,1H3,(H,32,33)(H,37,38)(H2,29,30,36). The summed E-state index contributed by atoms with van der Waals surface area (Å²) in [5.41, 5.74) is 4.80. The highest BCUT2D eigenvalue weighted by Crippen LogP contribution is 2.30. The lowest BCUT2D eigenvalue weighted by Gasteiger charge is -2.33. The molecule has 2 aromatic carbocycles. The molecule has 0 bridgehead atoms. The van der Waals surface area contributed by atoms with Gasteiger partial charge in [0, 0.05) is 42.6 Å². The number of H-pyrrole nitrogens is 2. The van der Waals surface area contributed by atoms with Crippen LogP contribution in [0.25, 0.3) is 22.4 Å². The number of aliphatic hydroxyl groups is 1. The Labute approximate surface area is 223 Å². The third kappa shape index (κ3) is 5.46. The van der Waals surface area contributed by atoms with Crippen molar-refractivity contribution in [2.75, 3.05) is 29.9 Å². The number of aliphatic hydroxyl groups excluding tert-OH is 1. The van der Waals surface area contributed by atoms with E-state index in [1.54, 1.807) is 36.5 Å². The summed E-state index contributed by atoms with van der Waals surface area (Å²) in [4.78, 5) is 36.8. The van der Waals surface area contributed by atoms with Gasteiger partial charge >= 0.3 is 6.09 Å². The Morgan fingerprint density at radius 2 is 2.03 bits per heavy atom. The van der Waals surface area contributed by atoms with Gasteiger partial charge < -0.3 is 35.7 Å². The number of benzene rings is 2. The fraction of sp³-hybridized carbons (Fsp3) is 0.296. The summed E-state index contributed by atoms with van der Waals surface area (Å²) in [6.07, 6.45) is 1.19. The Morgan fingerprint density at radius 1 is 1.24 bits per heavy atom. The second-order valence-corrected chi connectivity index (χ2v) is 9.94. The Bertz CT molecular complexity index is 1530. The average molecular weight is 537 g/mol. The molecule has 11 heteroatoms. The summed E-state index contributed by atoms with van der Waals surface area (Å²) >= 11 is 6.05. The number of nitrogens with zero attached hydrogens (tertiary/aromatic N) is 2. The van der Waals surface area contributed by atoms with Gasteiger partial charge in [-0.2, -0.15) is 0 Å². The monoisotopic (exact) mass is 536 g/mol. The molecule has 38 heavy (non-hydrogen) atoms. The number of hydrogen-bond acceptors (Lipinski definition) is 6. The van der Waals surface area contributed by atoms with Crippen LogP contribution in [0.5, 0.6) is 0 Å². The van der Waals surface area contributed by atoms with E-state index in [0.717, 1.165) is 48.2 Å². The zero-order valence-corrected chi connectivity index (χ0v) is 21.5. The Morgan fingerprint density at radius 3 is 2.76 bits per heavy atom. The number of carboxylic acid groups (broad SMARTS) is 1. The van der Waals surface area contributed by atoms with Crippen LogP contribution < -0.4 is 21.1 Å². The molecule has 2 aromatic heterocycles. The first-order valence-electron chi connectivity index (χ1n) is 12.4. The molecule has 1 saturated heterocycles. The number of fused-ring (bicyclic) bond motifs is 1. The van der Waals surface area contributed by atoms with Crippen LogP contribution in [0, 0.1) is 6.92 Å². The van der Waals surface area contributed by atoms with E-state index in [1.807, 2.05) is 13.0 Å². The van der Waals surface area contributed by atoms with Crippen LogP contribution in [0.3, 0.4) is 0 Å². The maximum absolute atomic E-state index is 12.9. The molecule has 1 aliphatic rings. The molecule has 1 amide bonds. The maximum atomic E-state index is 12.9. The summed E-state index contributed by atoms with van der Waals surface area (Å²) in [5.74, 6) is 0.422. The predicted molar refractivity (Wildman–Crippen MR) is 148 cm³/mol. The van der Waals surface area contributed by atoms with Crippen molar-refractivity contribution in [2.45, 2.75) is 31.9 Å². The van der Waals surface area contributed by atoms with E-state index in [0.29, 0.717) is 27.7 Å². The molecule has 5 rings (SSSR count). The molecule has 6 N–H and O–H groups in total. The number of amides is 1. The SMILES string of the molecule is Cc1cc(N2CCC(NC(=O)O)CC2)cc2[nH]c(-c3c(NCC(O)c4cccc(Cl)c4)cc[nH]c3=O)nc12. The van der Waals surface area contributed by atoms with E-state index in [4.69, 9.17) is 21.7 Å². The van der Waals surface area contributed by atoms with Gasteiger partial charge in [0.15, 0.2) is 0 Å². The quantitative estimate of drug-likeness (QED) is 0.207. The molecular formula is C27H29ClN6O4. The van der Waals surface area contributed by atoms with E-state index in [2.05, 4.69) is 31.6 Å². The molecule has 1 fully saturated rings. The number of carbonyl (C=O) groups is 1. The first kappa shape index (κ1) is 25.6. The molecule has 10 nitrogen and oxygen atoms in total. The third-order valence-electron chi connectivity index (χ3n) is 6.87. The number of aromatic nitrogens is 3. The van der Waals surface area contributed by atoms with Crippen molar-refractivity contribution in [3.8, 4) is 11.4 Å². The number of hydrogen-bond donors (Lipinski definition) is 6. The van der Waals surface area contributed by atoms with E-state index >= 15 is 0 Å². The number of anilines is 2. The lowest BCUT2D eigenvalue weighted by atomic mass is 10.0. The van der Waals surface area contributed by atoms with Gasteiger partial charge in [0.05, 0.1) is 22.8 Å². The molecule has 0 spiro atoms. The molecule has 4 aromatic rings. The van der Waals surface area contributed by atoms with Gasteiger partial charge in [-0.05, 0) is 61.2 Å². The van der Waals surface area contributed by atoms with E-state index in [-0.39, 0.29) is 18.1 Å². The van der Waals surface area contributed by atoms with Crippen LogP contribution in [0.2, 0.25) is 5.02 Å². The number of piperidine rings is 1. The van der Waals surface area contributed by atoms with Gasteiger partial charge in [-0.3, -0.25) is 4.79 Å². The van der Waals surface area contributed by atoms with Crippen molar-refractivity contribution >= 4 is 40.1 Å². The number of aryl methyl sites for hydroxylation is 1. The van der Waals surface area contributed by atoms with Gasteiger partial charge in [-0.25, -0.2) is 9.78 Å². The highest BCUT2D eigenvalue weighted by atomic mass is 35.5. The average Bonchev–Trinajstić information content (AvgIpc) is 3.31. The van der Waals surface area contributed by atoms with Gasteiger partial charge in [0.2, 0.25) is 0 Å². The van der Waals surface area contributed by atoms with Crippen molar-refractivity contribution in [3.63, 3.8) is 0 Å². The lowest BCUT2D eigenvalue weighted by Crippen LogP contribution is -2.44. The molecule has 0 saturated carbocycles. The van der Waals surface area contributed by atoms with Gasteiger partial charge in [0.25, 0.3) is 5.56 Å². The molecule has 1 aliphatic heterocycles. The van der Waals surface area contributed by atoms with Crippen LogP contribution in [0.4, 0.5) is 16.2 Å². The summed E-state index contributed by atoms with van der Waals surface area (Å²) in [7, 11) is 0. The minimum Gasteiger partial charge on any atom is -0.465 e. The third-order valence-corrected chi connectivity index (χ3v) is 7.10. The zero-order chi connectivity index (χ0) is 26.8. The highest BCUT2D eigenvalue weighted by molar-refractivity contribution is 6.30. The summed E-state index contributed by atoms with van der Waals surface area (Å²) in [6, 6.07) is 12.8. The van der Waals surface area contributed by atoms with E-state index in [1.165, 1.54) is 0 Å². The van der Waals surface area contributed by atoms with Crippen molar-refractivity contribution in [2.24, 2.45) is 0 Å². The Hall–Kier alpha value is -4.02. The Balaban J connectivity index is 1.39. The maximum Gasteiger partial charge on any atom is 0.404 e. The zero-order valence-electron chi connectivity index (χ0n) is 20.8. The minimum absolute atomic E-state index is 0.0412. The molecule has 1 unspecified atom stereocenters. The smallest absolute Gasteiger partial charge is 0.404 e. The fourth-order valence-corrected chi connectivity index (χ4v) is 5.13. The molecule has 0 aliphatic carbocycles. The number of rotatable bonds is 7. The Kier molecular flexibility index (Phi) is 7.26. The summed E-state index contributed by atoms with van der Waals surface area (Å²) in [5, 5.41) is 25.9. The normalized spacial score (nSPS) is 15.0. The fourth-order valence-electron chi connectivity index (χ4n) is 4.93. The van der Waals surface area contributed by atoms with Crippen molar-refractivity contribution in [1.29, 1.82) is 0 Å². The number of imidazole rings is 1. The van der Waals surface area contributed by atoms with Gasteiger partial charge in [-0.1, -0.05) is 23.7 Å². The molecule has 3 heterocycles. The van der Waals surface area contributed by atoms with Crippen LogP contribution in [-0.2, 0) is 0 Å². The predicted octanol–water partition coefficient (Wildman–Crippen LogP) is 4.26. The van der Waals surface area contributed by atoms with E-state index < -0.39 is 12.2 Å². The highest BCUT2D eigenvalue weighted by Gasteiger charge is 2.22. The van der Waals surface area contributed by atoms with Crippen molar-refractivity contribution in [1.82, 2.24) is 20.3 Å². The first-order chi connectivity index (χ1) is 18.3. The van der Waals surface area contributed by atoms with Crippen molar-refractivity contribution in [3.05, 3.63) is 75.2 Å². The molecular weight excluding hydrogens is 508 g/mol. The van der Waals surface area contributed by atoms with Crippen LogP contribution in [0.15, 0.2) is 53.5 Å². The summed E-state index contributed by atoms with van der Waals surface area (Å²) in [6.45, 7) is 3.62. The van der Waals surface area contributed by atoms with Gasteiger partial charge in [0.1, 0.15) is 11.4 Å². The number of aromatic amines is 2. The number of pyridine rings is 1. The number of nitrogens with one attached hydrogen (secondary N) is 4. The molecule has 0 radical (unpaired) electrons. The second-order valence-electron chi connectivity index (χ2n) is 9.50. The van der Waals surface area contributed by atoms with Crippen molar-refractivity contribution < 1.29 is 15.0 Å². The van der Waals surface area contributed by atoms with Crippen LogP contribution >= 0.6 is 11.6 Å². The second kappa shape index (κ2) is 10.8. The summed E-state index contributed by atoms with van der Waals surface area (Å²) < 4.78 is 0. The molecule has 198 valence electrons. The van der Waals surface area contributed by atoms with Crippen LogP contribution in [0.1, 0.15) is 30.1 Å². The van der Waals surface area contributed by atoms with Gasteiger partial charge in [-0.15, -0.1) is 0 Å². The molecule has 1 atom stereocenters. The first-order valence-corrected chi connectivity index (χ1v) is 12.8. The largest absolute Gasteiger partial charge is 0.465 e. The lowest BCUT2D eigenvalue weighted by molar-refractivity contribution is 0.187. The topological polar surface area (TPSA) is 146 Å². The minimum atomic E-state index is -0.991.